The Morgan fingerprint density at radius 1 is 1.32 bits per heavy atom. The van der Waals surface area contributed by atoms with Gasteiger partial charge in [-0.3, -0.25) is 4.79 Å². The zero-order valence-corrected chi connectivity index (χ0v) is 16.2. The molecule has 2 heterocycles. The summed E-state index contributed by atoms with van der Waals surface area (Å²) >= 11 is 0. The van der Waals surface area contributed by atoms with Gasteiger partial charge in [-0.2, -0.15) is 18.4 Å². The number of nitrogens with zero attached hydrogens (tertiary/aromatic N) is 4. The van der Waals surface area contributed by atoms with Gasteiger partial charge in [-0.1, -0.05) is 0 Å². The average Bonchev–Trinajstić information content (AvgIpc) is 2.77. The van der Waals surface area contributed by atoms with Crippen LogP contribution in [0.4, 0.5) is 30.5 Å². The summed E-state index contributed by atoms with van der Waals surface area (Å²) in [5.41, 5.74) is -1.61. The van der Waals surface area contributed by atoms with Crippen LogP contribution in [0.3, 0.4) is 0 Å². The Hall–Kier alpha value is -3.70. The molecule has 0 aliphatic carbocycles. The molecule has 1 aliphatic heterocycles. The summed E-state index contributed by atoms with van der Waals surface area (Å²) in [6, 6.07) is 5.90. The third kappa shape index (κ3) is 5.68. The van der Waals surface area contributed by atoms with Crippen molar-refractivity contribution in [2.45, 2.75) is 19.0 Å². The Morgan fingerprint density at radius 2 is 2.06 bits per heavy atom. The van der Waals surface area contributed by atoms with Crippen molar-refractivity contribution in [3.05, 3.63) is 52.6 Å². The van der Waals surface area contributed by atoms with Crippen molar-refractivity contribution in [3.63, 3.8) is 0 Å². The number of nitriles is 1. The van der Waals surface area contributed by atoms with E-state index in [2.05, 4.69) is 25.4 Å². The third-order valence-electron chi connectivity index (χ3n) is 4.63. The smallest absolute Gasteiger partial charge is 0.381 e. The van der Waals surface area contributed by atoms with Gasteiger partial charge in [0.15, 0.2) is 11.4 Å². The highest BCUT2D eigenvalue weighted by atomic mass is 19.4. The van der Waals surface area contributed by atoms with E-state index in [1.807, 2.05) is 6.07 Å². The van der Waals surface area contributed by atoms with Crippen LogP contribution in [0, 0.1) is 23.8 Å². The molecule has 31 heavy (non-hydrogen) atoms. The van der Waals surface area contributed by atoms with Crippen LogP contribution in [0.1, 0.15) is 34.5 Å². The predicted octanol–water partition coefficient (Wildman–Crippen LogP) is 3.82. The lowest BCUT2D eigenvalue weighted by molar-refractivity contribution is -0.141. The number of anilines is 2. The fourth-order valence-electron chi connectivity index (χ4n) is 3.05. The Bertz CT molecular complexity index is 1020. The van der Waals surface area contributed by atoms with Crippen molar-refractivity contribution in [1.82, 2.24) is 15.3 Å². The van der Waals surface area contributed by atoms with Gasteiger partial charge < -0.3 is 15.4 Å². The zero-order chi connectivity index (χ0) is 22.4. The van der Waals surface area contributed by atoms with E-state index in [0.29, 0.717) is 13.2 Å². The SMILES string of the molecule is [C-]#[N+]c1cc(C#N)cc(Nc2ncc(C(=O)NCC3CCOCC3)c(C(F)(F)F)n2)c1. The molecular formula is C20H17F3N6O2. The zero-order valence-electron chi connectivity index (χ0n) is 16.2. The number of alkyl halides is 3. The van der Waals surface area contributed by atoms with Crippen molar-refractivity contribution in [2.75, 3.05) is 25.1 Å². The maximum absolute atomic E-state index is 13.6. The van der Waals surface area contributed by atoms with Gasteiger partial charge in [0.25, 0.3) is 5.91 Å². The van der Waals surface area contributed by atoms with Gasteiger partial charge in [-0.15, -0.1) is 0 Å². The van der Waals surface area contributed by atoms with E-state index < -0.39 is 29.3 Å². The van der Waals surface area contributed by atoms with Crippen LogP contribution in [0.25, 0.3) is 4.85 Å². The molecule has 160 valence electrons. The lowest BCUT2D eigenvalue weighted by Crippen LogP contribution is -2.33. The fraction of sp³-hybridized carbons (Fsp3) is 0.350. The van der Waals surface area contributed by atoms with Gasteiger partial charge in [0, 0.05) is 37.2 Å². The largest absolute Gasteiger partial charge is 0.434 e. The van der Waals surface area contributed by atoms with E-state index in [-0.39, 0.29) is 29.4 Å². The van der Waals surface area contributed by atoms with Crippen molar-refractivity contribution >= 4 is 23.2 Å². The fourth-order valence-corrected chi connectivity index (χ4v) is 3.05. The third-order valence-corrected chi connectivity index (χ3v) is 4.63. The van der Waals surface area contributed by atoms with Crippen LogP contribution < -0.4 is 10.6 Å². The molecule has 1 amide bonds. The lowest BCUT2D eigenvalue weighted by atomic mass is 10.0. The minimum atomic E-state index is -4.89. The van der Waals surface area contributed by atoms with Crippen LogP contribution in [0.15, 0.2) is 24.4 Å². The number of benzene rings is 1. The monoisotopic (exact) mass is 430 g/mol. The number of nitrogens with one attached hydrogen (secondary N) is 2. The lowest BCUT2D eigenvalue weighted by Gasteiger charge is -2.22. The minimum Gasteiger partial charge on any atom is -0.381 e. The highest BCUT2D eigenvalue weighted by Gasteiger charge is 2.38. The topological polar surface area (TPSA) is 104 Å². The van der Waals surface area contributed by atoms with Gasteiger partial charge in [0.1, 0.15) is 0 Å². The predicted molar refractivity (Wildman–Crippen MR) is 104 cm³/mol. The highest BCUT2D eigenvalue weighted by Crippen LogP contribution is 2.32. The Labute approximate surface area is 175 Å². The Balaban J connectivity index is 1.82. The van der Waals surface area contributed by atoms with Crippen molar-refractivity contribution in [2.24, 2.45) is 5.92 Å². The number of aromatic nitrogens is 2. The second kappa shape index (κ2) is 9.41. The first-order chi connectivity index (χ1) is 14.8. The van der Waals surface area contributed by atoms with Crippen LogP contribution in [0.5, 0.6) is 0 Å². The molecule has 0 radical (unpaired) electrons. The number of hydrogen-bond donors (Lipinski definition) is 2. The molecule has 1 fully saturated rings. The summed E-state index contributed by atoms with van der Waals surface area (Å²) in [6.07, 6.45) is -2.64. The number of carbonyl (C=O) groups is 1. The van der Waals surface area contributed by atoms with Crippen molar-refractivity contribution in [1.29, 1.82) is 5.26 Å². The van der Waals surface area contributed by atoms with E-state index >= 15 is 0 Å². The van der Waals surface area contributed by atoms with Gasteiger partial charge >= 0.3 is 6.18 Å². The van der Waals surface area contributed by atoms with Crippen LogP contribution in [0.2, 0.25) is 0 Å². The minimum absolute atomic E-state index is 0.127. The van der Waals surface area contributed by atoms with Crippen LogP contribution in [-0.2, 0) is 10.9 Å². The molecular weight excluding hydrogens is 413 g/mol. The first kappa shape index (κ1) is 22.0. The Morgan fingerprint density at radius 3 is 2.71 bits per heavy atom. The van der Waals surface area contributed by atoms with Crippen molar-refractivity contribution in [3.8, 4) is 6.07 Å². The summed E-state index contributed by atoms with van der Waals surface area (Å²) in [5, 5.41) is 14.1. The number of ether oxygens (including phenoxy) is 1. The highest BCUT2D eigenvalue weighted by molar-refractivity contribution is 5.95. The maximum atomic E-state index is 13.6. The molecule has 1 aromatic heterocycles. The summed E-state index contributed by atoms with van der Waals surface area (Å²) in [5.74, 6) is -1.19. The first-order valence-electron chi connectivity index (χ1n) is 9.30. The first-order valence-corrected chi connectivity index (χ1v) is 9.30. The quantitative estimate of drug-likeness (QED) is 0.699. The van der Waals surface area contributed by atoms with E-state index in [1.165, 1.54) is 18.2 Å². The van der Waals surface area contributed by atoms with Crippen LogP contribution in [-0.4, -0.2) is 35.6 Å². The second-order valence-electron chi connectivity index (χ2n) is 6.84. The van der Waals surface area contributed by atoms with Gasteiger partial charge in [0.2, 0.25) is 5.95 Å². The molecule has 0 spiro atoms. The molecule has 3 rings (SSSR count). The average molecular weight is 430 g/mol. The molecule has 2 aromatic rings. The molecule has 0 bridgehead atoms. The molecule has 1 saturated heterocycles. The van der Waals surface area contributed by atoms with E-state index in [4.69, 9.17) is 16.6 Å². The molecule has 1 aromatic carbocycles. The Kier molecular flexibility index (Phi) is 6.68. The summed E-state index contributed by atoms with van der Waals surface area (Å²) in [7, 11) is 0. The maximum Gasteiger partial charge on any atom is 0.434 e. The molecule has 11 heteroatoms. The number of hydrogen-bond acceptors (Lipinski definition) is 6. The van der Waals surface area contributed by atoms with Crippen molar-refractivity contribution < 1.29 is 22.7 Å². The number of amides is 1. The van der Waals surface area contributed by atoms with Crippen LogP contribution >= 0.6 is 0 Å². The van der Waals surface area contributed by atoms with E-state index in [9.17, 15) is 18.0 Å². The molecule has 1 aliphatic rings. The summed E-state index contributed by atoms with van der Waals surface area (Å²) < 4.78 is 45.9. The second-order valence-corrected chi connectivity index (χ2v) is 6.84. The standard InChI is InChI=1S/C20H17F3N6O2/c1-25-14-6-13(9-24)7-15(8-14)28-19-27-11-16(17(29-19)20(21,22)23)18(30)26-10-12-2-4-31-5-3-12/h6-8,11-12H,2-5,10H2,(H,26,30)(H,27,28,29). The van der Waals surface area contributed by atoms with Gasteiger partial charge in [-0.25, -0.2) is 14.8 Å². The molecule has 0 atom stereocenters. The number of halogens is 3. The summed E-state index contributed by atoms with van der Waals surface area (Å²) in [6.45, 7) is 8.40. The normalized spacial score (nSPS) is 14.4. The van der Waals surface area contributed by atoms with E-state index in [1.54, 1.807) is 0 Å². The van der Waals surface area contributed by atoms with E-state index in [0.717, 1.165) is 19.0 Å². The number of rotatable bonds is 5. The molecule has 0 unspecified atom stereocenters. The molecule has 0 saturated carbocycles. The molecule has 2 N–H and O–H groups in total. The molecule has 8 nitrogen and oxygen atoms in total. The van der Waals surface area contributed by atoms with Gasteiger partial charge in [0.05, 0.1) is 18.2 Å². The van der Waals surface area contributed by atoms with Gasteiger partial charge in [-0.05, 0) is 37.0 Å². The number of carbonyl (C=O) groups excluding carboxylic acids is 1. The summed E-state index contributed by atoms with van der Waals surface area (Å²) in [4.78, 5) is 22.9.